The summed E-state index contributed by atoms with van der Waals surface area (Å²) in [5, 5.41) is 0. The summed E-state index contributed by atoms with van der Waals surface area (Å²) in [6.45, 7) is 3.30. The Morgan fingerprint density at radius 3 is 2.24 bits per heavy atom. The fraction of sp³-hybridized carbons (Fsp3) is 0.370. The van der Waals surface area contributed by atoms with E-state index in [9.17, 15) is 35.9 Å². The van der Waals surface area contributed by atoms with Gasteiger partial charge in [-0.1, -0.05) is 30.0 Å². The molecule has 2 aliphatic heterocycles. The molecule has 0 saturated carbocycles. The van der Waals surface area contributed by atoms with Crippen molar-refractivity contribution in [2.24, 2.45) is 5.73 Å². The Hall–Kier alpha value is -3.14. The SMILES string of the molecule is NC(=O)CCN1C(=O)/C(=C/c2cc(-c3cc(C(F)(F)F)cc(C(F)(F)F)c3)ccc2OCCN2CCOCC2)SC1=S. The molecule has 0 atom stereocenters. The van der Waals surface area contributed by atoms with E-state index in [-0.39, 0.29) is 57.3 Å². The first kappa shape index (κ1) is 31.8. The number of alkyl halides is 6. The fourth-order valence-electron chi connectivity index (χ4n) is 4.26. The van der Waals surface area contributed by atoms with Crippen LogP contribution in [0, 0.1) is 0 Å². The van der Waals surface area contributed by atoms with E-state index in [0.717, 1.165) is 11.8 Å². The van der Waals surface area contributed by atoms with E-state index in [1.54, 1.807) is 0 Å². The average Bonchev–Trinajstić information content (AvgIpc) is 3.19. The molecule has 15 heteroatoms. The molecule has 0 spiro atoms. The van der Waals surface area contributed by atoms with Crippen LogP contribution in [-0.4, -0.2) is 71.9 Å². The summed E-state index contributed by atoms with van der Waals surface area (Å²) in [6.07, 6.45) is -8.74. The van der Waals surface area contributed by atoms with Crippen molar-refractivity contribution in [3.05, 3.63) is 58.0 Å². The highest BCUT2D eigenvalue weighted by Crippen LogP contribution is 2.40. The second-order valence-electron chi connectivity index (χ2n) is 9.40. The molecular weight excluding hydrogens is 608 g/mol. The van der Waals surface area contributed by atoms with Gasteiger partial charge in [0.05, 0.1) is 29.2 Å². The van der Waals surface area contributed by atoms with Crippen molar-refractivity contribution in [2.45, 2.75) is 18.8 Å². The number of carbonyl (C=O) groups is 2. The molecule has 2 aromatic carbocycles. The average molecular weight is 634 g/mol. The molecule has 2 N–H and O–H groups in total. The number of morpholine rings is 1. The number of nitrogens with zero attached hydrogens (tertiary/aromatic N) is 2. The predicted molar refractivity (Wildman–Crippen MR) is 148 cm³/mol. The van der Waals surface area contributed by atoms with Crippen LogP contribution >= 0.6 is 24.0 Å². The third-order valence-electron chi connectivity index (χ3n) is 6.44. The predicted octanol–water partition coefficient (Wildman–Crippen LogP) is 5.18. The lowest BCUT2D eigenvalue weighted by atomic mass is 9.97. The van der Waals surface area contributed by atoms with E-state index in [4.69, 9.17) is 27.4 Å². The molecule has 2 amide bonds. The van der Waals surface area contributed by atoms with Crippen molar-refractivity contribution < 1.29 is 45.4 Å². The van der Waals surface area contributed by atoms with Gasteiger partial charge in [-0.2, -0.15) is 26.3 Å². The van der Waals surface area contributed by atoms with Gasteiger partial charge in [0.1, 0.15) is 16.7 Å². The first-order valence-electron chi connectivity index (χ1n) is 12.6. The quantitative estimate of drug-likeness (QED) is 0.232. The number of hydrogen-bond acceptors (Lipinski definition) is 7. The van der Waals surface area contributed by atoms with Crippen LogP contribution < -0.4 is 10.5 Å². The Morgan fingerprint density at radius 2 is 1.64 bits per heavy atom. The summed E-state index contributed by atoms with van der Waals surface area (Å²) in [5.74, 6) is -0.886. The first-order valence-corrected chi connectivity index (χ1v) is 13.9. The number of benzene rings is 2. The van der Waals surface area contributed by atoms with Crippen LogP contribution in [0.2, 0.25) is 0 Å². The Balaban J connectivity index is 1.71. The van der Waals surface area contributed by atoms with Gasteiger partial charge in [0.25, 0.3) is 5.91 Å². The summed E-state index contributed by atoms with van der Waals surface area (Å²) in [4.78, 5) is 27.7. The molecule has 42 heavy (non-hydrogen) atoms. The van der Waals surface area contributed by atoms with Gasteiger partial charge < -0.3 is 15.2 Å². The number of rotatable bonds is 9. The van der Waals surface area contributed by atoms with Crippen molar-refractivity contribution in [3.8, 4) is 16.9 Å². The first-order chi connectivity index (χ1) is 19.7. The van der Waals surface area contributed by atoms with E-state index in [0.29, 0.717) is 45.0 Å². The number of amides is 2. The molecule has 2 fully saturated rings. The van der Waals surface area contributed by atoms with Gasteiger partial charge in [-0.3, -0.25) is 19.4 Å². The number of ether oxygens (including phenoxy) is 2. The number of hydrogen-bond donors (Lipinski definition) is 1. The van der Waals surface area contributed by atoms with E-state index >= 15 is 0 Å². The van der Waals surface area contributed by atoms with Crippen molar-refractivity contribution in [3.63, 3.8) is 0 Å². The lowest BCUT2D eigenvalue weighted by Crippen LogP contribution is -2.38. The Labute approximate surface area is 246 Å². The van der Waals surface area contributed by atoms with Gasteiger partial charge in [0.15, 0.2) is 0 Å². The van der Waals surface area contributed by atoms with Crippen molar-refractivity contribution in [1.82, 2.24) is 9.80 Å². The van der Waals surface area contributed by atoms with Crippen LogP contribution in [0.5, 0.6) is 5.75 Å². The van der Waals surface area contributed by atoms with E-state index in [1.165, 1.54) is 29.2 Å². The maximum absolute atomic E-state index is 13.5. The highest BCUT2D eigenvalue weighted by molar-refractivity contribution is 8.26. The third kappa shape index (κ3) is 8.02. The maximum Gasteiger partial charge on any atom is 0.416 e. The molecular formula is C27H25F6N3O4S2. The molecule has 0 unspecified atom stereocenters. The molecule has 2 saturated heterocycles. The van der Waals surface area contributed by atoms with Gasteiger partial charge in [-0.15, -0.1) is 0 Å². The molecule has 2 aromatic rings. The molecule has 2 aliphatic rings. The van der Waals surface area contributed by atoms with Crippen LogP contribution in [0.1, 0.15) is 23.1 Å². The summed E-state index contributed by atoms with van der Waals surface area (Å²) < 4.78 is 92.4. The lowest BCUT2D eigenvalue weighted by Gasteiger charge is -2.26. The number of thiocarbonyl (C=S) groups is 1. The number of halogens is 6. The van der Waals surface area contributed by atoms with Crippen LogP contribution in [0.4, 0.5) is 26.3 Å². The van der Waals surface area contributed by atoms with Gasteiger partial charge >= 0.3 is 12.4 Å². The van der Waals surface area contributed by atoms with Gasteiger partial charge in [-0.05, 0) is 47.5 Å². The van der Waals surface area contributed by atoms with Crippen LogP contribution in [0.15, 0.2) is 41.3 Å². The fourth-order valence-corrected chi connectivity index (χ4v) is 5.56. The second kappa shape index (κ2) is 13.0. The zero-order chi connectivity index (χ0) is 30.7. The molecule has 0 radical (unpaired) electrons. The van der Waals surface area contributed by atoms with Crippen molar-refractivity contribution in [2.75, 3.05) is 46.0 Å². The number of nitrogens with two attached hydrogens (primary N) is 1. The third-order valence-corrected chi connectivity index (χ3v) is 7.82. The Bertz CT molecular complexity index is 1360. The molecule has 2 heterocycles. The minimum absolute atomic E-state index is 0.0370. The Morgan fingerprint density at radius 1 is 1.00 bits per heavy atom. The summed E-state index contributed by atoms with van der Waals surface area (Å²) >= 11 is 6.19. The lowest BCUT2D eigenvalue weighted by molar-refractivity contribution is -0.143. The van der Waals surface area contributed by atoms with Gasteiger partial charge in [0, 0.05) is 38.2 Å². The van der Waals surface area contributed by atoms with Crippen molar-refractivity contribution >= 4 is 46.2 Å². The molecule has 4 rings (SSSR count). The number of thioether (sulfide) groups is 1. The smallest absolute Gasteiger partial charge is 0.416 e. The normalized spacial score (nSPS) is 17.8. The summed E-state index contributed by atoms with van der Waals surface area (Å²) in [5.41, 5.74) is 2.25. The number of carbonyl (C=O) groups excluding carboxylic acids is 2. The second-order valence-corrected chi connectivity index (χ2v) is 11.1. The molecule has 0 aliphatic carbocycles. The zero-order valence-corrected chi connectivity index (χ0v) is 23.5. The highest BCUT2D eigenvalue weighted by Gasteiger charge is 2.37. The minimum atomic E-state index is -5.01. The van der Waals surface area contributed by atoms with E-state index < -0.39 is 35.3 Å². The molecule has 0 aromatic heterocycles. The summed E-state index contributed by atoms with van der Waals surface area (Å²) in [7, 11) is 0. The van der Waals surface area contributed by atoms with Crippen molar-refractivity contribution in [1.29, 1.82) is 0 Å². The van der Waals surface area contributed by atoms with Gasteiger partial charge in [-0.25, -0.2) is 0 Å². The van der Waals surface area contributed by atoms with Crippen LogP contribution in [0.25, 0.3) is 17.2 Å². The minimum Gasteiger partial charge on any atom is -0.492 e. The standard InChI is InChI=1S/C27H25F6N3O4S2/c28-26(29,30)19-12-17(13-20(15-19)27(31,32)33)16-1-2-21(40-10-7-35-5-8-39-9-6-35)18(11-16)14-22-24(38)36(25(41)42-22)4-3-23(34)37/h1-2,11-15H,3-10H2,(H2,34,37)/b22-14-. The van der Waals surface area contributed by atoms with Crippen LogP contribution in [-0.2, 0) is 26.7 Å². The molecule has 7 nitrogen and oxygen atoms in total. The topological polar surface area (TPSA) is 85.1 Å². The monoisotopic (exact) mass is 633 g/mol. The molecule has 226 valence electrons. The van der Waals surface area contributed by atoms with E-state index in [2.05, 4.69) is 4.90 Å². The van der Waals surface area contributed by atoms with E-state index in [1.807, 2.05) is 0 Å². The maximum atomic E-state index is 13.5. The number of primary amides is 1. The largest absolute Gasteiger partial charge is 0.492 e. The highest BCUT2D eigenvalue weighted by atomic mass is 32.2. The molecule has 0 bridgehead atoms. The van der Waals surface area contributed by atoms with Crippen LogP contribution in [0.3, 0.4) is 0 Å². The zero-order valence-electron chi connectivity index (χ0n) is 21.9. The van der Waals surface area contributed by atoms with Gasteiger partial charge in [0.2, 0.25) is 5.91 Å². The summed E-state index contributed by atoms with van der Waals surface area (Å²) in [6, 6.07) is 5.48. The Kier molecular flexibility index (Phi) is 9.85.